The molecule has 1 aromatic carbocycles. The van der Waals surface area contributed by atoms with Gasteiger partial charge in [0.05, 0.1) is 25.2 Å². The van der Waals surface area contributed by atoms with Gasteiger partial charge in [0, 0.05) is 6.54 Å². The topological polar surface area (TPSA) is 50.8 Å². The van der Waals surface area contributed by atoms with Crippen LogP contribution in [0.25, 0.3) is 0 Å². The predicted molar refractivity (Wildman–Crippen MR) is 95.6 cm³/mol. The van der Waals surface area contributed by atoms with Crippen molar-refractivity contribution in [3.8, 4) is 11.5 Å². The largest absolute Gasteiger partial charge is 0.490 e. The van der Waals surface area contributed by atoms with Crippen LogP contribution in [0, 0.1) is 5.92 Å². The molecule has 1 aromatic rings. The Kier molecular flexibility index (Phi) is 6.91. The number of nitrogens with one attached hydrogen (secondary N) is 1. The lowest BCUT2D eigenvalue weighted by Gasteiger charge is -2.29. The minimum Gasteiger partial charge on any atom is -0.490 e. The molecule has 2 atom stereocenters. The third-order valence-electron chi connectivity index (χ3n) is 4.42. The van der Waals surface area contributed by atoms with Gasteiger partial charge in [-0.2, -0.15) is 0 Å². The van der Waals surface area contributed by atoms with E-state index in [1.54, 1.807) is 0 Å². The fourth-order valence-corrected chi connectivity index (χ4v) is 3.13. The van der Waals surface area contributed by atoms with Crippen LogP contribution in [0.3, 0.4) is 0 Å². The SMILES string of the molecule is CCOc1ccc(C(C)NC(=O)C2CCCN(C)C2)cc1OCC. The maximum atomic E-state index is 12.5. The van der Waals surface area contributed by atoms with E-state index in [9.17, 15) is 4.79 Å². The molecule has 0 spiro atoms. The van der Waals surface area contributed by atoms with Crippen molar-refractivity contribution < 1.29 is 14.3 Å². The Morgan fingerprint density at radius 2 is 2.00 bits per heavy atom. The summed E-state index contributed by atoms with van der Waals surface area (Å²) in [4.78, 5) is 14.7. The van der Waals surface area contributed by atoms with Gasteiger partial charge in [0.1, 0.15) is 0 Å². The van der Waals surface area contributed by atoms with Crippen molar-refractivity contribution in [3.63, 3.8) is 0 Å². The highest BCUT2D eigenvalue weighted by atomic mass is 16.5. The number of carbonyl (C=O) groups is 1. The van der Waals surface area contributed by atoms with Crippen LogP contribution in [0.2, 0.25) is 0 Å². The van der Waals surface area contributed by atoms with Crippen molar-refractivity contribution in [2.24, 2.45) is 5.92 Å². The Balaban J connectivity index is 2.04. The van der Waals surface area contributed by atoms with Gasteiger partial charge in [-0.25, -0.2) is 0 Å². The standard InChI is InChI=1S/C19H30N2O3/c1-5-23-17-10-9-15(12-18(17)24-6-2)14(3)20-19(22)16-8-7-11-21(4)13-16/h9-10,12,14,16H,5-8,11,13H2,1-4H3,(H,20,22). The van der Waals surface area contributed by atoms with Gasteiger partial charge in [0.25, 0.3) is 0 Å². The first-order chi connectivity index (χ1) is 11.5. The Bertz CT molecular complexity index is 547. The lowest BCUT2D eigenvalue weighted by Crippen LogP contribution is -2.42. The van der Waals surface area contributed by atoms with Crippen LogP contribution >= 0.6 is 0 Å². The molecule has 1 N–H and O–H groups in total. The normalized spacial score (nSPS) is 19.6. The van der Waals surface area contributed by atoms with Crippen LogP contribution in [0.5, 0.6) is 11.5 Å². The number of ether oxygens (including phenoxy) is 2. The smallest absolute Gasteiger partial charge is 0.224 e. The average Bonchev–Trinajstić information content (AvgIpc) is 2.56. The molecule has 0 aromatic heterocycles. The van der Waals surface area contributed by atoms with Crippen LogP contribution in [0.15, 0.2) is 18.2 Å². The Morgan fingerprint density at radius 1 is 1.29 bits per heavy atom. The summed E-state index contributed by atoms with van der Waals surface area (Å²) in [5.41, 5.74) is 1.03. The quantitative estimate of drug-likeness (QED) is 0.833. The van der Waals surface area contributed by atoms with Crippen LogP contribution in [-0.4, -0.2) is 44.2 Å². The summed E-state index contributed by atoms with van der Waals surface area (Å²) in [5.74, 6) is 1.70. The molecule has 0 radical (unpaired) electrons. The van der Waals surface area contributed by atoms with E-state index < -0.39 is 0 Å². The molecule has 1 saturated heterocycles. The lowest BCUT2D eigenvalue weighted by atomic mass is 9.97. The highest BCUT2D eigenvalue weighted by Crippen LogP contribution is 2.31. The number of hydrogen-bond acceptors (Lipinski definition) is 4. The molecule has 1 aliphatic rings. The Hall–Kier alpha value is -1.75. The Labute approximate surface area is 145 Å². The zero-order chi connectivity index (χ0) is 17.5. The first kappa shape index (κ1) is 18.6. The summed E-state index contributed by atoms with van der Waals surface area (Å²) < 4.78 is 11.3. The summed E-state index contributed by atoms with van der Waals surface area (Å²) in [7, 11) is 2.07. The monoisotopic (exact) mass is 334 g/mol. The van der Waals surface area contributed by atoms with Crippen molar-refractivity contribution >= 4 is 5.91 Å². The number of rotatable bonds is 7. The van der Waals surface area contributed by atoms with Crippen molar-refractivity contribution in [2.75, 3.05) is 33.4 Å². The van der Waals surface area contributed by atoms with Crippen LogP contribution in [0.4, 0.5) is 0 Å². The van der Waals surface area contributed by atoms with E-state index >= 15 is 0 Å². The summed E-state index contributed by atoms with van der Waals surface area (Å²) >= 11 is 0. The molecule has 1 heterocycles. The van der Waals surface area contributed by atoms with E-state index in [1.165, 1.54) is 0 Å². The molecule has 2 unspecified atom stereocenters. The maximum Gasteiger partial charge on any atom is 0.224 e. The summed E-state index contributed by atoms with van der Waals surface area (Å²) in [6.45, 7) is 9.01. The second-order valence-corrected chi connectivity index (χ2v) is 6.40. The summed E-state index contributed by atoms with van der Waals surface area (Å²) in [6, 6.07) is 5.82. The first-order valence-electron chi connectivity index (χ1n) is 8.93. The van der Waals surface area contributed by atoms with Gasteiger partial charge in [-0.15, -0.1) is 0 Å². The molecular weight excluding hydrogens is 304 g/mol. The zero-order valence-electron chi connectivity index (χ0n) is 15.3. The Morgan fingerprint density at radius 3 is 2.67 bits per heavy atom. The van der Waals surface area contributed by atoms with Gasteiger partial charge in [0.15, 0.2) is 11.5 Å². The second-order valence-electron chi connectivity index (χ2n) is 6.40. The molecule has 1 amide bonds. The van der Waals surface area contributed by atoms with Crippen LogP contribution in [-0.2, 0) is 4.79 Å². The van der Waals surface area contributed by atoms with Crippen molar-refractivity contribution in [3.05, 3.63) is 23.8 Å². The molecule has 0 bridgehead atoms. The molecule has 24 heavy (non-hydrogen) atoms. The number of nitrogens with zero attached hydrogens (tertiary/aromatic N) is 1. The molecular formula is C19H30N2O3. The van der Waals surface area contributed by atoms with Crippen molar-refractivity contribution in [1.29, 1.82) is 0 Å². The van der Waals surface area contributed by atoms with Gasteiger partial charge in [-0.3, -0.25) is 4.79 Å². The predicted octanol–water partition coefficient (Wildman–Crippen LogP) is 3.00. The third-order valence-corrected chi connectivity index (χ3v) is 4.42. The fraction of sp³-hybridized carbons (Fsp3) is 0.632. The minimum atomic E-state index is -0.0559. The van der Waals surface area contributed by atoms with E-state index in [4.69, 9.17) is 9.47 Å². The second kappa shape index (κ2) is 8.92. The van der Waals surface area contributed by atoms with E-state index in [-0.39, 0.29) is 17.9 Å². The molecule has 1 fully saturated rings. The van der Waals surface area contributed by atoms with Gasteiger partial charge in [0.2, 0.25) is 5.91 Å². The van der Waals surface area contributed by atoms with Crippen LogP contribution in [0.1, 0.15) is 45.2 Å². The number of piperidine rings is 1. The van der Waals surface area contributed by atoms with E-state index in [1.807, 2.05) is 39.0 Å². The van der Waals surface area contributed by atoms with Crippen molar-refractivity contribution in [1.82, 2.24) is 10.2 Å². The van der Waals surface area contributed by atoms with Gasteiger partial charge < -0.3 is 19.7 Å². The van der Waals surface area contributed by atoms with E-state index in [0.717, 1.165) is 43.0 Å². The molecule has 2 rings (SSSR count). The maximum absolute atomic E-state index is 12.5. The molecule has 5 heteroatoms. The minimum absolute atomic E-state index is 0.0559. The number of carbonyl (C=O) groups excluding carboxylic acids is 1. The van der Waals surface area contributed by atoms with E-state index in [0.29, 0.717) is 13.2 Å². The van der Waals surface area contributed by atoms with Gasteiger partial charge in [-0.1, -0.05) is 6.07 Å². The van der Waals surface area contributed by atoms with Crippen molar-refractivity contribution in [2.45, 2.75) is 39.7 Å². The highest BCUT2D eigenvalue weighted by molar-refractivity contribution is 5.79. The molecule has 0 aliphatic carbocycles. The average molecular weight is 334 g/mol. The summed E-state index contributed by atoms with van der Waals surface area (Å²) in [5, 5.41) is 3.15. The molecule has 0 saturated carbocycles. The number of benzene rings is 1. The zero-order valence-corrected chi connectivity index (χ0v) is 15.3. The first-order valence-corrected chi connectivity index (χ1v) is 8.93. The molecule has 1 aliphatic heterocycles. The summed E-state index contributed by atoms with van der Waals surface area (Å²) in [6.07, 6.45) is 2.05. The van der Waals surface area contributed by atoms with E-state index in [2.05, 4.69) is 17.3 Å². The molecule has 134 valence electrons. The third kappa shape index (κ3) is 4.87. The number of likely N-dealkylation sites (tertiary alicyclic amines) is 1. The van der Waals surface area contributed by atoms with Crippen LogP contribution < -0.4 is 14.8 Å². The number of amides is 1. The lowest BCUT2D eigenvalue weighted by molar-refractivity contribution is -0.127. The van der Waals surface area contributed by atoms with Gasteiger partial charge in [-0.05, 0) is 64.9 Å². The fourth-order valence-electron chi connectivity index (χ4n) is 3.13. The highest BCUT2D eigenvalue weighted by Gasteiger charge is 2.25. The van der Waals surface area contributed by atoms with Gasteiger partial charge >= 0.3 is 0 Å². The number of hydrogen-bond donors (Lipinski definition) is 1. The molecule has 5 nitrogen and oxygen atoms in total.